The Morgan fingerprint density at radius 2 is 2.04 bits per heavy atom. The Labute approximate surface area is 139 Å². The Morgan fingerprint density at radius 1 is 1.30 bits per heavy atom. The molecule has 0 aliphatic carbocycles. The molecule has 0 aliphatic heterocycles. The van der Waals surface area contributed by atoms with E-state index in [2.05, 4.69) is 5.10 Å². The minimum absolute atomic E-state index is 0.156. The lowest BCUT2D eigenvalue weighted by Gasteiger charge is -2.12. The maximum absolute atomic E-state index is 11.0. The molecule has 116 valence electrons. The summed E-state index contributed by atoms with van der Waals surface area (Å²) in [6.45, 7) is 1.84. The molecule has 0 bridgehead atoms. The van der Waals surface area contributed by atoms with E-state index in [1.807, 2.05) is 43.5 Å². The van der Waals surface area contributed by atoms with E-state index >= 15 is 0 Å². The van der Waals surface area contributed by atoms with Crippen LogP contribution in [0.2, 0.25) is 5.02 Å². The molecule has 0 amide bonds. The van der Waals surface area contributed by atoms with Gasteiger partial charge < -0.3 is 5.11 Å². The van der Waals surface area contributed by atoms with E-state index in [1.54, 1.807) is 16.9 Å². The number of nitrogens with zero attached hydrogens (tertiary/aromatic N) is 2. The van der Waals surface area contributed by atoms with E-state index in [0.717, 1.165) is 22.4 Å². The van der Waals surface area contributed by atoms with Crippen LogP contribution in [-0.4, -0.2) is 21.2 Å². The lowest BCUT2D eigenvalue weighted by Crippen LogP contribution is -1.98. The number of phenols is 1. The summed E-state index contributed by atoms with van der Waals surface area (Å²) >= 11 is 6.11. The Hall–Kier alpha value is -2.59. The number of aromatic hydroxyl groups is 1. The lowest BCUT2D eigenvalue weighted by atomic mass is 9.97. The molecule has 0 aliphatic rings. The molecule has 23 heavy (non-hydrogen) atoms. The first kappa shape index (κ1) is 15.3. The molecule has 0 fully saturated rings. The highest BCUT2D eigenvalue weighted by Gasteiger charge is 2.13. The first-order valence-corrected chi connectivity index (χ1v) is 7.53. The van der Waals surface area contributed by atoms with E-state index in [-0.39, 0.29) is 16.3 Å². The Kier molecular flexibility index (Phi) is 4.17. The number of rotatable bonds is 4. The second kappa shape index (κ2) is 6.26. The van der Waals surface area contributed by atoms with Gasteiger partial charge in [-0.2, -0.15) is 5.10 Å². The zero-order valence-corrected chi connectivity index (χ0v) is 13.3. The maximum Gasteiger partial charge on any atom is 0.153 e. The second-order valence-corrected chi connectivity index (χ2v) is 5.70. The van der Waals surface area contributed by atoms with Gasteiger partial charge in [-0.05, 0) is 54.3 Å². The van der Waals surface area contributed by atoms with Gasteiger partial charge in [-0.25, -0.2) is 4.68 Å². The monoisotopic (exact) mass is 326 g/mol. The van der Waals surface area contributed by atoms with Gasteiger partial charge in [0, 0.05) is 12.4 Å². The number of aromatic nitrogens is 2. The maximum atomic E-state index is 11.0. The van der Waals surface area contributed by atoms with E-state index in [0.29, 0.717) is 12.7 Å². The van der Waals surface area contributed by atoms with Crippen LogP contribution in [0, 0.1) is 6.92 Å². The van der Waals surface area contributed by atoms with Crippen LogP contribution in [0.4, 0.5) is 0 Å². The van der Waals surface area contributed by atoms with E-state index in [1.165, 1.54) is 0 Å². The first-order chi connectivity index (χ1) is 11.1. The Morgan fingerprint density at radius 3 is 2.65 bits per heavy atom. The predicted molar refractivity (Wildman–Crippen MR) is 89.6 cm³/mol. The fourth-order valence-corrected chi connectivity index (χ4v) is 2.72. The molecule has 1 N–H and O–H groups in total. The number of hydrogen-bond acceptors (Lipinski definition) is 3. The first-order valence-electron chi connectivity index (χ1n) is 7.15. The van der Waals surface area contributed by atoms with Crippen LogP contribution in [0.25, 0.3) is 5.69 Å². The van der Waals surface area contributed by atoms with E-state index < -0.39 is 0 Å². The van der Waals surface area contributed by atoms with Crippen LogP contribution in [0.3, 0.4) is 0 Å². The lowest BCUT2D eigenvalue weighted by molar-refractivity contribution is 0.112. The van der Waals surface area contributed by atoms with Crippen molar-refractivity contribution >= 4 is 17.9 Å². The summed E-state index contributed by atoms with van der Waals surface area (Å²) in [5.41, 5.74) is 3.98. The van der Waals surface area contributed by atoms with Gasteiger partial charge in [0.1, 0.15) is 5.75 Å². The van der Waals surface area contributed by atoms with E-state index in [9.17, 15) is 9.90 Å². The quantitative estimate of drug-likeness (QED) is 0.739. The van der Waals surface area contributed by atoms with Crippen molar-refractivity contribution in [2.24, 2.45) is 0 Å². The van der Waals surface area contributed by atoms with Gasteiger partial charge in [0.25, 0.3) is 0 Å². The second-order valence-electron chi connectivity index (χ2n) is 5.32. The largest absolute Gasteiger partial charge is 0.506 e. The number of aldehydes is 1. The topological polar surface area (TPSA) is 55.1 Å². The van der Waals surface area contributed by atoms with Crippen molar-refractivity contribution in [2.75, 3.05) is 0 Å². The fraction of sp³-hybridized carbons (Fsp3) is 0.111. The van der Waals surface area contributed by atoms with Gasteiger partial charge in [-0.1, -0.05) is 23.7 Å². The minimum Gasteiger partial charge on any atom is -0.506 e. The van der Waals surface area contributed by atoms with Gasteiger partial charge in [0.05, 0.1) is 16.3 Å². The molecule has 4 nitrogen and oxygen atoms in total. The number of hydrogen-bond donors (Lipinski definition) is 1. The average Bonchev–Trinajstić information content (AvgIpc) is 3.10. The smallest absolute Gasteiger partial charge is 0.153 e. The van der Waals surface area contributed by atoms with Gasteiger partial charge in [0.2, 0.25) is 0 Å². The van der Waals surface area contributed by atoms with Gasteiger partial charge >= 0.3 is 0 Å². The molecule has 3 rings (SSSR count). The number of carbonyl (C=O) groups excluding carboxylic acids is 1. The number of phenolic OH excluding ortho intramolecular Hbond substituents is 1. The van der Waals surface area contributed by atoms with Gasteiger partial charge in [-0.15, -0.1) is 0 Å². The fourth-order valence-electron chi connectivity index (χ4n) is 2.49. The molecule has 0 saturated carbocycles. The molecule has 1 aromatic heterocycles. The van der Waals surface area contributed by atoms with Crippen LogP contribution in [0.1, 0.15) is 27.0 Å². The molecule has 0 saturated heterocycles. The van der Waals surface area contributed by atoms with Crippen LogP contribution in [0.5, 0.6) is 5.75 Å². The molecular formula is C18H15ClN2O2. The molecular weight excluding hydrogens is 312 g/mol. The molecule has 5 heteroatoms. The van der Waals surface area contributed by atoms with Crippen LogP contribution >= 0.6 is 11.6 Å². The van der Waals surface area contributed by atoms with Crippen LogP contribution in [0.15, 0.2) is 48.8 Å². The SMILES string of the molecule is Cc1c(Cc2ccc(-n3cccn3)cc2)cc(C=O)c(O)c1Cl. The number of benzene rings is 2. The summed E-state index contributed by atoms with van der Waals surface area (Å²) in [6, 6.07) is 11.6. The molecule has 3 aromatic rings. The normalized spacial score (nSPS) is 10.7. The third-order valence-corrected chi connectivity index (χ3v) is 4.31. The summed E-state index contributed by atoms with van der Waals surface area (Å²) in [6.07, 6.45) is 4.86. The number of halogens is 1. The summed E-state index contributed by atoms with van der Waals surface area (Å²) < 4.78 is 1.79. The van der Waals surface area contributed by atoms with Crippen molar-refractivity contribution in [1.82, 2.24) is 9.78 Å². The third kappa shape index (κ3) is 2.98. The summed E-state index contributed by atoms with van der Waals surface area (Å²) in [5, 5.41) is 14.3. The summed E-state index contributed by atoms with van der Waals surface area (Å²) in [7, 11) is 0. The van der Waals surface area contributed by atoms with E-state index in [4.69, 9.17) is 11.6 Å². The van der Waals surface area contributed by atoms with Crippen molar-refractivity contribution < 1.29 is 9.90 Å². The minimum atomic E-state index is -0.156. The molecule has 0 atom stereocenters. The highest BCUT2D eigenvalue weighted by Crippen LogP contribution is 2.33. The predicted octanol–water partition coefficient (Wildman–Crippen LogP) is 3.94. The molecule has 0 unspecified atom stereocenters. The zero-order chi connectivity index (χ0) is 16.4. The summed E-state index contributed by atoms with van der Waals surface area (Å²) in [5.74, 6) is -0.156. The highest BCUT2D eigenvalue weighted by molar-refractivity contribution is 6.33. The van der Waals surface area contributed by atoms with Crippen molar-refractivity contribution in [3.63, 3.8) is 0 Å². The molecule has 1 heterocycles. The summed E-state index contributed by atoms with van der Waals surface area (Å²) in [4.78, 5) is 11.0. The highest BCUT2D eigenvalue weighted by atomic mass is 35.5. The van der Waals surface area contributed by atoms with Crippen LogP contribution in [-0.2, 0) is 6.42 Å². The Balaban J connectivity index is 1.90. The number of carbonyl (C=O) groups is 1. The van der Waals surface area contributed by atoms with Crippen molar-refractivity contribution in [3.8, 4) is 11.4 Å². The molecule has 0 radical (unpaired) electrons. The standard InChI is InChI=1S/C18H15ClN2O2/c1-12-14(10-15(11-22)18(23)17(12)19)9-13-3-5-16(6-4-13)21-8-2-7-20-21/h2-8,10-11,23H,9H2,1H3. The third-order valence-electron chi connectivity index (χ3n) is 3.85. The van der Waals surface area contributed by atoms with Gasteiger partial charge in [0.15, 0.2) is 6.29 Å². The van der Waals surface area contributed by atoms with Crippen molar-refractivity contribution in [2.45, 2.75) is 13.3 Å². The van der Waals surface area contributed by atoms with Crippen molar-refractivity contribution in [1.29, 1.82) is 0 Å². The zero-order valence-electron chi connectivity index (χ0n) is 12.5. The van der Waals surface area contributed by atoms with Crippen molar-refractivity contribution in [3.05, 3.63) is 76.1 Å². The van der Waals surface area contributed by atoms with Gasteiger partial charge in [-0.3, -0.25) is 4.79 Å². The molecule has 0 spiro atoms. The average molecular weight is 327 g/mol. The molecule has 2 aromatic carbocycles. The van der Waals surface area contributed by atoms with Crippen LogP contribution < -0.4 is 0 Å². The Bertz CT molecular complexity index is 840.